The minimum atomic E-state index is -1.03. The molecule has 0 aromatic heterocycles. The van der Waals surface area contributed by atoms with Crippen LogP contribution in [-0.2, 0) is 23.7 Å². The molecule has 2 rings (SSSR count). The molecule has 6 heteroatoms. The smallest absolute Gasteiger partial charge is 0.203 e. The first-order valence-corrected chi connectivity index (χ1v) is 9.11. The summed E-state index contributed by atoms with van der Waals surface area (Å²) in [6, 6.07) is 9.13. The van der Waals surface area contributed by atoms with Gasteiger partial charge < -0.3 is 23.7 Å². The Hall–Kier alpha value is -2.25. The van der Waals surface area contributed by atoms with Crippen molar-refractivity contribution < 1.29 is 28.5 Å². The van der Waals surface area contributed by atoms with Gasteiger partial charge in [0.15, 0.2) is 5.78 Å². The van der Waals surface area contributed by atoms with E-state index < -0.39 is 5.79 Å². The van der Waals surface area contributed by atoms with E-state index in [0.717, 1.165) is 11.1 Å². The summed E-state index contributed by atoms with van der Waals surface area (Å²) in [4.78, 5) is 12.4. The fourth-order valence-electron chi connectivity index (χ4n) is 3.01. The second-order valence-electron chi connectivity index (χ2n) is 6.20. The highest BCUT2D eigenvalue weighted by molar-refractivity contribution is 6.04. The molecule has 0 unspecified atom stereocenters. The van der Waals surface area contributed by atoms with Gasteiger partial charge in [-0.05, 0) is 30.2 Å². The molecule has 0 amide bonds. The van der Waals surface area contributed by atoms with E-state index in [1.807, 2.05) is 31.2 Å². The van der Waals surface area contributed by atoms with Crippen LogP contribution in [0.4, 0.5) is 0 Å². The third-order valence-electron chi connectivity index (χ3n) is 4.45. The van der Waals surface area contributed by atoms with E-state index in [9.17, 15) is 4.79 Å². The van der Waals surface area contributed by atoms with Crippen LogP contribution in [0.15, 0.2) is 65.5 Å². The summed E-state index contributed by atoms with van der Waals surface area (Å²) in [7, 11) is 4.70. The van der Waals surface area contributed by atoms with Crippen molar-refractivity contribution in [2.24, 2.45) is 0 Å². The molecule has 0 spiro atoms. The molecule has 1 aliphatic carbocycles. The van der Waals surface area contributed by atoms with E-state index in [0.29, 0.717) is 24.2 Å². The average molecular weight is 388 g/mol. The zero-order valence-electron chi connectivity index (χ0n) is 16.9. The highest BCUT2D eigenvalue weighted by Crippen LogP contribution is 2.39. The lowest BCUT2D eigenvalue weighted by Crippen LogP contribution is -2.42. The normalized spacial score (nSPS) is 16.4. The van der Waals surface area contributed by atoms with Gasteiger partial charge in [0.1, 0.15) is 19.3 Å². The summed E-state index contributed by atoms with van der Waals surface area (Å²) < 4.78 is 27.5. The molecule has 0 radical (unpaired) electrons. The van der Waals surface area contributed by atoms with Crippen molar-refractivity contribution in [3.63, 3.8) is 0 Å². The fraction of sp³-hybridized carbons (Fsp3) is 0.409. The van der Waals surface area contributed by atoms with Crippen LogP contribution >= 0.6 is 0 Å². The van der Waals surface area contributed by atoms with Crippen molar-refractivity contribution in [3.8, 4) is 0 Å². The molecule has 6 nitrogen and oxygen atoms in total. The number of hydrogen-bond acceptors (Lipinski definition) is 6. The average Bonchev–Trinajstić information content (AvgIpc) is 2.75. The van der Waals surface area contributed by atoms with Gasteiger partial charge in [0.05, 0.1) is 13.5 Å². The zero-order valence-corrected chi connectivity index (χ0v) is 16.9. The third kappa shape index (κ3) is 5.39. The maximum Gasteiger partial charge on any atom is 0.203 e. The Morgan fingerprint density at radius 2 is 1.71 bits per heavy atom. The second-order valence-corrected chi connectivity index (χ2v) is 6.20. The quantitative estimate of drug-likeness (QED) is 0.324. The minimum absolute atomic E-state index is 0.0652. The van der Waals surface area contributed by atoms with Gasteiger partial charge in [0.25, 0.3) is 0 Å². The van der Waals surface area contributed by atoms with E-state index in [2.05, 4.69) is 0 Å². The Kier molecular flexibility index (Phi) is 8.60. The van der Waals surface area contributed by atoms with Crippen LogP contribution in [0.3, 0.4) is 0 Å². The van der Waals surface area contributed by atoms with Gasteiger partial charge in [-0.3, -0.25) is 4.79 Å². The molecular weight excluding hydrogens is 360 g/mol. The minimum Gasteiger partial charge on any atom is -0.500 e. The van der Waals surface area contributed by atoms with Gasteiger partial charge in [0, 0.05) is 25.4 Å². The number of carbonyl (C=O) groups is 1. The third-order valence-corrected chi connectivity index (χ3v) is 4.45. The number of ketones is 1. The first kappa shape index (κ1) is 22.0. The molecule has 0 saturated heterocycles. The molecule has 0 heterocycles. The Bertz CT molecular complexity index is 725. The van der Waals surface area contributed by atoms with E-state index in [4.69, 9.17) is 23.7 Å². The molecule has 152 valence electrons. The molecule has 1 aromatic rings. The summed E-state index contributed by atoms with van der Waals surface area (Å²) >= 11 is 0. The fourth-order valence-corrected chi connectivity index (χ4v) is 3.01. The lowest BCUT2D eigenvalue weighted by atomic mass is 9.89. The van der Waals surface area contributed by atoms with Crippen molar-refractivity contribution in [2.45, 2.75) is 25.6 Å². The number of hydrogen-bond donors (Lipinski definition) is 0. The SMILES string of the molecule is CCC1=CC(C=CC(=O)c2ccccc2)=C(OC)CC1(OCOC)OCOC. The lowest BCUT2D eigenvalue weighted by Gasteiger charge is -2.38. The largest absolute Gasteiger partial charge is 0.500 e. The maximum atomic E-state index is 12.4. The standard InChI is InChI=1S/C22H28O6/c1-5-19-13-18(11-12-20(23)17-9-7-6-8-10-17)21(26-4)14-22(19,27-15-24-2)28-16-25-3/h6-13H,5,14-16H2,1-4H3. The predicted molar refractivity (Wildman–Crippen MR) is 106 cm³/mol. The second kappa shape index (κ2) is 10.9. The number of rotatable bonds is 11. The Labute approximate surface area is 166 Å². The van der Waals surface area contributed by atoms with Crippen LogP contribution < -0.4 is 0 Å². The summed E-state index contributed by atoms with van der Waals surface area (Å²) in [5.74, 6) is -0.452. The van der Waals surface area contributed by atoms with E-state index in [-0.39, 0.29) is 19.4 Å². The maximum absolute atomic E-state index is 12.4. The molecule has 28 heavy (non-hydrogen) atoms. The van der Waals surface area contributed by atoms with E-state index >= 15 is 0 Å². The first-order chi connectivity index (χ1) is 13.6. The van der Waals surface area contributed by atoms with Crippen LogP contribution in [0.5, 0.6) is 0 Å². The van der Waals surface area contributed by atoms with Crippen LogP contribution in [0.25, 0.3) is 0 Å². The van der Waals surface area contributed by atoms with Gasteiger partial charge in [-0.25, -0.2) is 0 Å². The Balaban J connectivity index is 2.31. The molecule has 0 fully saturated rings. The first-order valence-electron chi connectivity index (χ1n) is 9.11. The zero-order chi connectivity index (χ0) is 20.4. The monoisotopic (exact) mass is 388 g/mol. The van der Waals surface area contributed by atoms with Crippen molar-refractivity contribution in [1.29, 1.82) is 0 Å². The number of benzene rings is 1. The number of carbonyl (C=O) groups excluding carboxylic acids is 1. The summed E-state index contributed by atoms with van der Waals surface area (Å²) in [5, 5.41) is 0. The van der Waals surface area contributed by atoms with Gasteiger partial charge in [-0.15, -0.1) is 0 Å². The molecule has 1 aromatic carbocycles. The van der Waals surface area contributed by atoms with Crippen LogP contribution in [0, 0.1) is 0 Å². The number of methoxy groups -OCH3 is 3. The molecule has 1 aliphatic rings. The molecular formula is C22H28O6. The molecule has 0 aliphatic heterocycles. The highest BCUT2D eigenvalue weighted by Gasteiger charge is 2.41. The van der Waals surface area contributed by atoms with Gasteiger partial charge >= 0.3 is 0 Å². The van der Waals surface area contributed by atoms with Crippen molar-refractivity contribution in [3.05, 3.63) is 71.0 Å². The highest BCUT2D eigenvalue weighted by atomic mass is 16.8. The van der Waals surface area contributed by atoms with Crippen molar-refractivity contribution in [2.75, 3.05) is 34.9 Å². The Morgan fingerprint density at radius 1 is 1.07 bits per heavy atom. The Morgan fingerprint density at radius 3 is 2.25 bits per heavy atom. The molecule has 0 bridgehead atoms. The van der Waals surface area contributed by atoms with Crippen LogP contribution in [-0.4, -0.2) is 46.5 Å². The van der Waals surface area contributed by atoms with Crippen LogP contribution in [0.1, 0.15) is 30.1 Å². The number of ether oxygens (including phenoxy) is 5. The summed E-state index contributed by atoms with van der Waals surface area (Å²) in [6.45, 7) is 2.15. The van der Waals surface area contributed by atoms with E-state index in [1.54, 1.807) is 45.6 Å². The molecule has 0 N–H and O–H groups in total. The van der Waals surface area contributed by atoms with Gasteiger partial charge in [-0.1, -0.05) is 37.3 Å². The molecule has 0 atom stereocenters. The van der Waals surface area contributed by atoms with Crippen LogP contribution in [0.2, 0.25) is 0 Å². The number of allylic oxidation sites excluding steroid dienone is 4. The predicted octanol–water partition coefficient (Wildman–Crippen LogP) is 4.00. The summed E-state index contributed by atoms with van der Waals surface area (Å²) in [6.07, 6.45) is 6.28. The van der Waals surface area contributed by atoms with Gasteiger partial charge in [-0.2, -0.15) is 0 Å². The topological polar surface area (TPSA) is 63.2 Å². The summed E-state index contributed by atoms with van der Waals surface area (Å²) in [5.41, 5.74) is 2.35. The van der Waals surface area contributed by atoms with Crippen molar-refractivity contribution >= 4 is 5.78 Å². The van der Waals surface area contributed by atoms with Crippen molar-refractivity contribution in [1.82, 2.24) is 0 Å². The van der Waals surface area contributed by atoms with Gasteiger partial charge in [0.2, 0.25) is 5.79 Å². The lowest BCUT2D eigenvalue weighted by molar-refractivity contribution is -0.276. The van der Waals surface area contributed by atoms with E-state index in [1.165, 1.54) is 0 Å². The molecule has 0 saturated carbocycles.